The van der Waals surface area contributed by atoms with Crippen molar-refractivity contribution in [2.45, 2.75) is 26.3 Å². The van der Waals surface area contributed by atoms with Gasteiger partial charge in [0, 0.05) is 17.0 Å². The van der Waals surface area contributed by atoms with Crippen LogP contribution in [0.5, 0.6) is 0 Å². The van der Waals surface area contributed by atoms with Crippen LogP contribution in [0.15, 0.2) is 42.5 Å². The maximum atomic E-state index is 12.4. The number of carbonyl (C=O) groups is 2. The highest BCUT2D eigenvalue weighted by Gasteiger charge is 2.20. The van der Waals surface area contributed by atoms with Gasteiger partial charge in [-0.05, 0) is 37.6 Å². The van der Waals surface area contributed by atoms with E-state index < -0.39 is 11.9 Å². The number of hydrogen-bond donors (Lipinski definition) is 2. The summed E-state index contributed by atoms with van der Waals surface area (Å²) in [6, 6.07) is 11.9. The SMILES string of the molecule is Cc1cc(C)cc(C(=O)N[C@H](Cc2ccccc2Cl)C(N)=O)c1. The van der Waals surface area contributed by atoms with E-state index in [1.807, 2.05) is 26.0 Å². The lowest BCUT2D eigenvalue weighted by molar-refractivity contribution is -0.119. The molecule has 4 nitrogen and oxygen atoms in total. The summed E-state index contributed by atoms with van der Waals surface area (Å²) in [6.07, 6.45) is 0.256. The summed E-state index contributed by atoms with van der Waals surface area (Å²) in [5.74, 6) is -0.921. The number of halogens is 1. The molecule has 2 rings (SSSR count). The van der Waals surface area contributed by atoms with Crippen molar-refractivity contribution in [3.8, 4) is 0 Å². The quantitative estimate of drug-likeness (QED) is 0.884. The molecular weight excluding hydrogens is 312 g/mol. The van der Waals surface area contributed by atoms with Crippen molar-refractivity contribution >= 4 is 23.4 Å². The number of rotatable bonds is 5. The average molecular weight is 331 g/mol. The van der Waals surface area contributed by atoms with Gasteiger partial charge in [0.25, 0.3) is 5.91 Å². The van der Waals surface area contributed by atoms with Crippen molar-refractivity contribution in [2.24, 2.45) is 5.73 Å². The maximum absolute atomic E-state index is 12.4. The second-order valence-corrected chi connectivity index (χ2v) is 6.01. The normalized spacial score (nSPS) is 11.8. The van der Waals surface area contributed by atoms with E-state index in [4.69, 9.17) is 17.3 Å². The molecule has 0 aromatic heterocycles. The Morgan fingerprint density at radius 3 is 2.30 bits per heavy atom. The number of hydrogen-bond acceptors (Lipinski definition) is 2. The first-order chi connectivity index (χ1) is 10.9. The van der Waals surface area contributed by atoms with Crippen molar-refractivity contribution in [1.82, 2.24) is 5.32 Å². The molecule has 3 N–H and O–H groups in total. The largest absolute Gasteiger partial charge is 0.368 e. The number of aryl methyl sites for hydroxylation is 2. The minimum atomic E-state index is -0.816. The molecule has 2 aromatic rings. The van der Waals surface area contributed by atoms with Crippen molar-refractivity contribution < 1.29 is 9.59 Å². The van der Waals surface area contributed by atoms with Crippen molar-refractivity contribution in [3.63, 3.8) is 0 Å². The number of amides is 2. The van der Waals surface area contributed by atoms with E-state index in [-0.39, 0.29) is 12.3 Å². The zero-order valence-corrected chi connectivity index (χ0v) is 13.9. The fraction of sp³-hybridized carbons (Fsp3) is 0.222. The fourth-order valence-electron chi connectivity index (χ4n) is 2.45. The summed E-state index contributed by atoms with van der Waals surface area (Å²) in [4.78, 5) is 24.1. The smallest absolute Gasteiger partial charge is 0.251 e. The number of benzene rings is 2. The van der Waals surface area contributed by atoms with Gasteiger partial charge >= 0.3 is 0 Å². The Balaban J connectivity index is 2.18. The van der Waals surface area contributed by atoms with Crippen LogP contribution in [0.4, 0.5) is 0 Å². The third-order valence-corrected chi connectivity index (χ3v) is 3.88. The van der Waals surface area contributed by atoms with Gasteiger partial charge in [-0.15, -0.1) is 0 Å². The maximum Gasteiger partial charge on any atom is 0.251 e. The lowest BCUT2D eigenvalue weighted by atomic mass is 10.0. The van der Waals surface area contributed by atoms with Gasteiger partial charge in [-0.25, -0.2) is 0 Å². The predicted molar refractivity (Wildman–Crippen MR) is 91.5 cm³/mol. The molecule has 2 amide bonds. The van der Waals surface area contributed by atoms with E-state index in [1.165, 1.54) is 0 Å². The highest BCUT2D eigenvalue weighted by Crippen LogP contribution is 2.17. The number of primary amides is 1. The average Bonchev–Trinajstić information content (AvgIpc) is 2.47. The molecular formula is C18H19ClN2O2. The molecule has 0 aliphatic heterocycles. The van der Waals surface area contributed by atoms with Gasteiger partial charge in [0.05, 0.1) is 0 Å². The summed E-state index contributed by atoms with van der Waals surface area (Å²) < 4.78 is 0. The summed E-state index contributed by atoms with van der Waals surface area (Å²) >= 11 is 6.10. The van der Waals surface area contributed by atoms with E-state index in [0.717, 1.165) is 16.7 Å². The highest BCUT2D eigenvalue weighted by atomic mass is 35.5. The number of nitrogens with two attached hydrogens (primary N) is 1. The Morgan fingerprint density at radius 2 is 1.74 bits per heavy atom. The topological polar surface area (TPSA) is 72.2 Å². The van der Waals surface area contributed by atoms with Gasteiger partial charge < -0.3 is 11.1 Å². The third-order valence-electron chi connectivity index (χ3n) is 3.51. The van der Waals surface area contributed by atoms with Gasteiger partial charge in [0.1, 0.15) is 6.04 Å². The monoisotopic (exact) mass is 330 g/mol. The molecule has 0 bridgehead atoms. The molecule has 1 atom stereocenters. The first-order valence-electron chi connectivity index (χ1n) is 7.28. The fourth-order valence-corrected chi connectivity index (χ4v) is 2.67. The van der Waals surface area contributed by atoms with Crippen LogP contribution in [0, 0.1) is 13.8 Å². The molecule has 0 spiro atoms. The van der Waals surface area contributed by atoms with E-state index in [9.17, 15) is 9.59 Å². The van der Waals surface area contributed by atoms with E-state index in [0.29, 0.717) is 10.6 Å². The van der Waals surface area contributed by atoms with Gasteiger partial charge in [-0.3, -0.25) is 9.59 Å². The van der Waals surface area contributed by atoms with Gasteiger partial charge in [0.15, 0.2) is 0 Å². The third kappa shape index (κ3) is 4.57. The molecule has 2 aromatic carbocycles. The van der Waals surface area contributed by atoms with E-state index >= 15 is 0 Å². The molecule has 0 saturated carbocycles. The zero-order valence-electron chi connectivity index (χ0n) is 13.1. The Labute approximate surface area is 140 Å². The molecule has 0 heterocycles. The summed E-state index contributed by atoms with van der Waals surface area (Å²) in [5, 5.41) is 3.23. The number of nitrogens with one attached hydrogen (secondary N) is 1. The summed E-state index contributed by atoms with van der Waals surface area (Å²) in [7, 11) is 0. The molecule has 0 aliphatic rings. The van der Waals surface area contributed by atoms with Crippen LogP contribution in [0.1, 0.15) is 27.0 Å². The second kappa shape index (κ2) is 7.29. The molecule has 0 radical (unpaired) electrons. The summed E-state index contributed by atoms with van der Waals surface area (Å²) in [5.41, 5.74) is 8.66. The van der Waals surface area contributed by atoms with E-state index in [1.54, 1.807) is 30.3 Å². The van der Waals surface area contributed by atoms with Crippen LogP contribution in [0.25, 0.3) is 0 Å². The van der Waals surface area contributed by atoms with Crippen LogP contribution < -0.4 is 11.1 Å². The minimum Gasteiger partial charge on any atom is -0.368 e. The van der Waals surface area contributed by atoms with Gasteiger partial charge in [-0.2, -0.15) is 0 Å². The van der Waals surface area contributed by atoms with Crippen molar-refractivity contribution in [3.05, 3.63) is 69.7 Å². The van der Waals surface area contributed by atoms with Gasteiger partial charge in [-0.1, -0.05) is 47.0 Å². The molecule has 0 saturated heterocycles. The molecule has 0 fully saturated rings. The Bertz CT molecular complexity index is 723. The lowest BCUT2D eigenvalue weighted by Gasteiger charge is -2.17. The Hall–Kier alpha value is -2.33. The second-order valence-electron chi connectivity index (χ2n) is 5.60. The predicted octanol–water partition coefficient (Wildman–Crippen LogP) is 2.78. The number of carbonyl (C=O) groups excluding carboxylic acids is 2. The first-order valence-corrected chi connectivity index (χ1v) is 7.66. The molecule has 0 aliphatic carbocycles. The van der Waals surface area contributed by atoms with Crippen LogP contribution in [0.2, 0.25) is 5.02 Å². The highest BCUT2D eigenvalue weighted by molar-refractivity contribution is 6.31. The lowest BCUT2D eigenvalue weighted by Crippen LogP contribution is -2.45. The minimum absolute atomic E-state index is 0.256. The standard InChI is InChI=1S/C18H19ClN2O2/c1-11-7-12(2)9-14(8-11)18(23)21-16(17(20)22)10-13-5-3-4-6-15(13)19/h3-9,16H,10H2,1-2H3,(H2,20,22)(H,21,23)/t16-/m1/s1. The molecule has 5 heteroatoms. The van der Waals surface area contributed by atoms with Crippen LogP contribution in [-0.2, 0) is 11.2 Å². The zero-order chi connectivity index (χ0) is 17.0. The van der Waals surface area contributed by atoms with Gasteiger partial charge in [0.2, 0.25) is 5.91 Å². The van der Waals surface area contributed by atoms with E-state index in [2.05, 4.69) is 5.32 Å². The Kier molecular flexibility index (Phi) is 5.40. The summed E-state index contributed by atoms with van der Waals surface area (Å²) in [6.45, 7) is 3.83. The van der Waals surface area contributed by atoms with Crippen molar-refractivity contribution in [1.29, 1.82) is 0 Å². The van der Waals surface area contributed by atoms with Crippen LogP contribution in [-0.4, -0.2) is 17.9 Å². The first kappa shape index (κ1) is 17.0. The molecule has 0 unspecified atom stereocenters. The molecule has 23 heavy (non-hydrogen) atoms. The van der Waals surface area contributed by atoms with Crippen LogP contribution in [0.3, 0.4) is 0 Å². The van der Waals surface area contributed by atoms with Crippen molar-refractivity contribution in [2.75, 3.05) is 0 Å². The Morgan fingerprint density at radius 1 is 1.13 bits per heavy atom. The molecule has 120 valence electrons. The van der Waals surface area contributed by atoms with Crippen LogP contribution >= 0.6 is 11.6 Å².